The highest BCUT2D eigenvalue weighted by Gasteiger charge is 2.10. The maximum Gasteiger partial charge on any atom is 0.242 e. The molecule has 1 aromatic carbocycles. The van der Waals surface area contributed by atoms with E-state index < -0.39 is 6.04 Å². The van der Waals surface area contributed by atoms with Crippen molar-refractivity contribution >= 4 is 33.8 Å². The molecule has 0 spiro atoms. The predicted octanol–water partition coefficient (Wildman–Crippen LogP) is 2.98. The molecule has 0 aliphatic heterocycles. The van der Waals surface area contributed by atoms with Crippen LogP contribution in [0.15, 0.2) is 47.8 Å². The van der Waals surface area contributed by atoms with Crippen LogP contribution in [0.5, 0.6) is 0 Å². The fraction of sp³-hybridized carbons (Fsp3) is 0.111. The number of carbonyl (C=O) groups excluding carboxylic acids is 1. The van der Waals surface area contributed by atoms with Gasteiger partial charge in [-0.15, -0.1) is 11.3 Å². The number of nitrogens with one attached hydrogen (secondary N) is 1. The maximum atomic E-state index is 11.8. The molecule has 0 aliphatic carbocycles. The molecule has 23 heavy (non-hydrogen) atoms. The van der Waals surface area contributed by atoms with Crippen molar-refractivity contribution in [3.05, 3.63) is 58.4 Å². The van der Waals surface area contributed by atoms with Crippen molar-refractivity contribution in [1.29, 1.82) is 0 Å². The van der Waals surface area contributed by atoms with Gasteiger partial charge < -0.3 is 11.1 Å². The second kappa shape index (κ2) is 6.61. The van der Waals surface area contributed by atoms with Crippen LogP contribution in [0.2, 0.25) is 0 Å². The lowest BCUT2D eigenvalue weighted by atomic mass is 10.1. The third-order valence-electron chi connectivity index (χ3n) is 3.23. The third kappa shape index (κ3) is 3.57. The van der Waals surface area contributed by atoms with Gasteiger partial charge in [-0.05, 0) is 41.7 Å². The largest absolute Gasteiger partial charge is 0.320 e. The van der Waals surface area contributed by atoms with Crippen LogP contribution in [0.3, 0.4) is 0 Å². The molecule has 0 saturated carbocycles. The Balaban J connectivity index is 2.05. The SMILES string of the molecule is CC(N)C(=O)Nc1cc2ccccc2c(C#Cc2cccs2)n1. The predicted molar refractivity (Wildman–Crippen MR) is 94.3 cm³/mol. The van der Waals surface area contributed by atoms with E-state index in [-0.39, 0.29) is 5.91 Å². The maximum absolute atomic E-state index is 11.8. The van der Waals surface area contributed by atoms with Gasteiger partial charge in [-0.2, -0.15) is 0 Å². The molecule has 0 aliphatic rings. The number of nitrogens with zero attached hydrogens (tertiary/aromatic N) is 1. The molecule has 0 saturated heterocycles. The quantitative estimate of drug-likeness (QED) is 0.713. The molecule has 2 aromatic heterocycles. The smallest absolute Gasteiger partial charge is 0.242 e. The first-order chi connectivity index (χ1) is 11.1. The lowest BCUT2D eigenvalue weighted by Gasteiger charge is -2.09. The van der Waals surface area contributed by atoms with Crippen molar-refractivity contribution in [2.24, 2.45) is 5.73 Å². The number of hydrogen-bond donors (Lipinski definition) is 2. The van der Waals surface area contributed by atoms with E-state index in [1.165, 1.54) is 0 Å². The van der Waals surface area contributed by atoms with Crippen LogP contribution in [0, 0.1) is 11.8 Å². The lowest BCUT2D eigenvalue weighted by molar-refractivity contribution is -0.117. The Labute approximate surface area is 138 Å². The second-order valence-corrected chi connectivity index (χ2v) is 6.03. The summed E-state index contributed by atoms with van der Waals surface area (Å²) in [6.45, 7) is 1.63. The molecule has 4 nitrogen and oxygen atoms in total. The standard InChI is InChI=1S/C18H15N3OS/c1-12(19)18(22)21-17-11-13-5-2-3-7-15(13)16(20-17)9-8-14-6-4-10-23-14/h2-7,10-12H,19H2,1H3,(H,20,21,22). The summed E-state index contributed by atoms with van der Waals surface area (Å²) in [5.74, 6) is 6.39. The summed E-state index contributed by atoms with van der Waals surface area (Å²) in [7, 11) is 0. The molecular formula is C18H15N3OS. The summed E-state index contributed by atoms with van der Waals surface area (Å²) in [6.07, 6.45) is 0. The van der Waals surface area contributed by atoms with Crippen LogP contribution < -0.4 is 11.1 Å². The average Bonchev–Trinajstić information content (AvgIpc) is 3.06. The summed E-state index contributed by atoms with van der Waals surface area (Å²) >= 11 is 1.58. The highest BCUT2D eigenvalue weighted by Crippen LogP contribution is 2.20. The second-order valence-electron chi connectivity index (χ2n) is 5.08. The molecule has 0 fully saturated rings. The summed E-state index contributed by atoms with van der Waals surface area (Å²) in [6, 6.07) is 13.0. The van der Waals surface area contributed by atoms with E-state index >= 15 is 0 Å². The number of carbonyl (C=O) groups is 1. The van der Waals surface area contributed by atoms with E-state index in [4.69, 9.17) is 5.73 Å². The summed E-state index contributed by atoms with van der Waals surface area (Å²) in [5, 5.41) is 6.63. The molecule has 5 heteroatoms. The van der Waals surface area contributed by atoms with Crippen molar-refractivity contribution in [2.75, 3.05) is 5.32 Å². The van der Waals surface area contributed by atoms with Crippen LogP contribution in [-0.2, 0) is 4.79 Å². The van der Waals surface area contributed by atoms with Crippen molar-refractivity contribution in [1.82, 2.24) is 4.98 Å². The lowest BCUT2D eigenvalue weighted by Crippen LogP contribution is -2.32. The minimum atomic E-state index is -0.594. The van der Waals surface area contributed by atoms with Gasteiger partial charge in [-0.1, -0.05) is 30.3 Å². The monoisotopic (exact) mass is 321 g/mol. The Morgan fingerprint density at radius 2 is 2.09 bits per heavy atom. The molecule has 114 valence electrons. The fourth-order valence-electron chi connectivity index (χ4n) is 2.07. The van der Waals surface area contributed by atoms with Crippen LogP contribution in [0.25, 0.3) is 10.8 Å². The molecule has 0 radical (unpaired) electrons. The normalized spacial score (nSPS) is 11.6. The van der Waals surface area contributed by atoms with Crippen molar-refractivity contribution in [2.45, 2.75) is 13.0 Å². The molecule has 3 N–H and O–H groups in total. The highest BCUT2D eigenvalue weighted by molar-refractivity contribution is 7.10. The Hall–Kier alpha value is -2.68. The van der Waals surface area contributed by atoms with E-state index in [2.05, 4.69) is 22.1 Å². The van der Waals surface area contributed by atoms with Crippen LogP contribution in [0.4, 0.5) is 5.82 Å². The number of hydrogen-bond acceptors (Lipinski definition) is 4. The fourth-order valence-corrected chi connectivity index (χ4v) is 2.64. The number of nitrogens with two attached hydrogens (primary N) is 1. The molecule has 2 heterocycles. The van der Waals surface area contributed by atoms with Gasteiger partial charge in [-0.25, -0.2) is 4.98 Å². The first kappa shape index (κ1) is 15.2. The minimum Gasteiger partial charge on any atom is -0.320 e. The van der Waals surface area contributed by atoms with Crippen molar-refractivity contribution in [3.8, 4) is 11.8 Å². The van der Waals surface area contributed by atoms with Gasteiger partial charge in [0.1, 0.15) is 11.5 Å². The number of fused-ring (bicyclic) bond motifs is 1. The van der Waals surface area contributed by atoms with E-state index in [0.29, 0.717) is 11.5 Å². The summed E-state index contributed by atoms with van der Waals surface area (Å²) in [4.78, 5) is 17.2. The van der Waals surface area contributed by atoms with Crippen molar-refractivity contribution in [3.63, 3.8) is 0 Å². The van der Waals surface area contributed by atoms with Gasteiger partial charge in [0.25, 0.3) is 0 Å². The topological polar surface area (TPSA) is 68.0 Å². The van der Waals surface area contributed by atoms with Crippen LogP contribution in [0.1, 0.15) is 17.5 Å². The Morgan fingerprint density at radius 1 is 1.26 bits per heavy atom. The number of pyridine rings is 1. The molecule has 1 unspecified atom stereocenters. The van der Waals surface area contributed by atoms with E-state index in [1.807, 2.05) is 47.8 Å². The van der Waals surface area contributed by atoms with Gasteiger partial charge in [0.2, 0.25) is 5.91 Å². The Kier molecular flexibility index (Phi) is 4.38. The first-order valence-electron chi connectivity index (χ1n) is 7.15. The third-order valence-corrected chi connectivity index (χ3v) is 4.02. The number of thiophene rings is 1. The van der Waals surface area contributed by atoms with Gasteiger partial charge in [0.05, 0.1) is 10.9 Å². The van der Waals surface area contributed by atoms with Crippen LogP contribution >= 0.6 is 11.3 Å². The summed E-state index contributed by atoms with van der Waals surface area (Å²) < 4.78 is 0. The zero-order chi connectivity index (χ0) is 16.2. The number of anilines is 1. The number of amides is 1. The molecule has 3 aromatic rings. The summed E-state index contributed by atoms with van der Waals surface area (Å²) in [5.41, 5.74) is 6.23. The number of rotatable bonds is 2. The van der Waals surface area contributed by atoms with E-state index in [1.54, 1.807) is 18.3 Å². The van der Waals surface area contributed by atoms with Crippen molar-refractivity contribution < 1.29 is 4.79 Å². The zero-order valence-corrected chi connectivity index (χ0v) is 13.4. The molecular weight excluding hydrogens is 306 g/mol. The number of benzene rings is 1. The highest BCUT2D eigenvalue weighted by atomic mass is 32.1. The molecule has 1 amide bonds. The van der Waals surface area contributed by atoms with E-state index in [0.717, 1.165) is 15.6 Å². The van der Waals surface area contributed by atoms with E-state index in [9.17, 15) is 4.79 Å². The minimum absolute atomic E-state index is 0.273. The van der Waals surface area contributed by atoms with Gasteiger partial charge >= 0.3 is 0 Å². The Morgan fingerprint density at radius 3 is 2.83 bits per heavy atom. The van der Waals surface area contributed by atoms with Gasteiger partial charge in [0.15, 0.2) is 0 Å². The van der Waals surface area contributed by atoms with Gasteiger partial charge in [-0.3, -0.25) is 4.79 Å². The molecule has 1 atom stereocenters. The molecule has 0 bridgehead atoms. The zero-order valence-electron chi connectivity index (χ0n) is 12.5. The Bertz CT molecular complexity index is 905. The van der Waals surface area contributed by atoms with Gasteiger partial charge in [0, 0.05) is 5.39 Å². The molecule has 3 rings (SSSR count). The van der Waals surface area contributed by atoms with Crippen LogP contribution in [-0.4, -0.2) is 16.9 Å². The first-order valence-corrected chi connectivity index (χ1v) is 8.03. The average molecular weight is 321 g/mol. The number of aromatic nitrogens is 1.